The number of halogens is 5. The maximum atomic E-state index is 12.6. The van der Waals surface area contributed by atoms with Crippen molar-refractivity contribution in [2.45, 2.75) is 13.3 Å². The number of nitrogens with zero attached hydrogens (tertiary/aromatic N) is 1. The molecule has 14 heavy (non-hydrogen) atoms. The van der Waals surface area contributed by atoms with Gasteiger partial charge in [0.15, 0.2) is 0 Å². The predicted molar refractivity (Wildman–Crippen MR) is 43.3 cm³/mol. The number of aromatic nitrogens is 1. The summed E-state index contributed by atoms with van der Waals surface area (Å²) in [4.78, 5) is 2.98. The van der Waals surface area contributed by atoms with Crippen LogP contribution >= 0.6 is 15.9 Å². The van der Waals surface area contributed by atoms with E-state index in [9.17, 15) is 17.6 Å². The van der Waals surface area contributed by atoms with Crippen LogP contribution < -0.4 is 4.74 Å². The zero-order chi connectivity index (χ0) is 10.9. The lowest BCUT2D eigenvalue weighted by Crippen LogP contribution is -2.19. The first-order chi connectivity index (χ1) is 6.29. The summed E-state index contributed by atoms with van der Waals surface area (Å²) in [6.45, 7) is 1.33. The second-order valence-electron chi connectivity index (χ2n) is 2.40. The fourth-order valence-electron chi connectivity index (χ4n) is 0.737. The molecule has 0 amide bonds. The summed E-state index contributed by atoms with van der Waals surface area (Å²) in [6, 6.07) is 0.957. The SMILES string of the molecule is Cc1c(Br)cc(F)nc1OC(F)(F)F. The van der Waals surface area contributed by atoms with Crippen molar-refractivity contribution in [1.82, 2.24) is 4.98 Å². The number of alkyl halides is 3. The Morgan fingerprint density at radius 1 is 1.43 bits per heavy atom. The third-order valence-corrected chi connectivity index (χ3v) is 2.17. The van der Waals surface area contributed by atoms with Gasteiger partial charge in [0.05, 0.1) is 0 Å². The van der Waals surface area contributed by atoms with Gasteiger partial charge in [-0.2, -0.15) is 9.37 Å². The zero-order valence-corrected chi connectivity index (χ0v) is 8.41. The number of rotatable bonds is 1. The van der Waals surface area contributed by atoms with E-state index in [2.05, 4.69) is 25.7 Å². The van der Waals surface area contributed by atoms with E-state index in [4.69, 9.17) is 0 Å². The Hall–Kier alpha value is -0.850. The molecule has 1 heterocycles. The van der Waals surface area contributed by atoms with Crippen LogP contribution in [0.1, 0.15) is 5.56 Å². The van der Waals surface area contributed by atoms with Gasteiger partial charge in [0, 0.05) is 16.1 Å². The molecule has 0 N–H and O–H groups in total. The van der Waals surface area contributed by atoms with Gasteiger partial charge in [-0.05, 0) is 6.92 Å². The fourth-order valence-corrected chi connectivity index (χ4v) is 1.10. The summed E-state index contributed by atoms with van der Waals surface area (Å²) in [5.41, 5.74) is 0.0868. The average molecular weight is 274 g/mol. The Morgan fingerprint density at radius 3 is 2.50 bits per heavy atom. The molecule has 78 valence electrons. The third kappa shape index (κ3) is 2.83. The summed E-state index contributed by atoms with van der Waals surface area (Å²) >= 11 is 2.88. The highest BCUT2D eigenvalue weighted by Gasteiger charge is 2.33. The first-order valence-corrected chi connectivity index (χ1v) is 4.17. The van der Waals surface area contributed by atoms with Gasteiger partial charge in [-0.15, -0.1) is 13.2 Å². The topological polar surface area (TPSA) is 22.1 Å². The highest BCUT2D eigenvalue weighted by molar-refractivity contribution is 9.10. The van der Waals surface area contributed by atoms with Crippen molar-refractivity contribution < 1.29 is 22.3 Å². The van der Waals surface area contributed by atoms with E-state index in [0.717, 1.165) is 6.07 Å². The molecule has 2 nitrogen and oxygen atoms in total. The van der Waals surface area contributed by atoms with Crippen LogP contribution in [0.2, 0.25) is 0 Å². The first kappa shape index (κ1) is 11.2. The lowest BCUT2D eigenvalue weighted by molar-refractivity contribution is -0.276. The predicted octanol–water partition coefficient (Wildman–Crippen LogP) is 3.19. The molecule has 0 aromatic carbocycles. The minimum absolute atomic E-state index is 0.0868. The van der Waals surface area contributed by atoms with Gasteiger partial charge in [-0.3, -0.25) is 0 Å². The fraction of sp³-hybridized carbons (Fsp3) is 0.286. The summed E-state index contributed by atoms with van der Waals surface area (Å²) in [7, 11) is 0. The monoisotopic (exact) mass is 273 g/mol. The van der Waals surface area contributed by atoms with Crippen molar-refractivity contribution in [3.05, 3.63) is 22.1 Å². The maximum absolute atomic E-state index is 12.6. The summed E-state index contributed by atoms with van der Waals surface area (Å²) in [6.07, 6.45) is -4.87. The van der Waals surface area contributed by atoms with E-state index in [1.807, 2.05) is 0 Å². The van der Waals surface area contributed by atoms with Crippen molar-refractivity contribution in [2.75, 3.05) is 0 Å². The highest BCUT2D eigenvalue weighted by Crippen LogP contribution is 2.28. The molecule has 1 aromatic rings. The lowest BCUT2D eigenvalue weighted by atomic mass is 10.3. The molecule has 0 unspecified atom stereocenters. The van der Waals surface area contributed by atoms with Crippen LogP contribution in [0.4, 0.5) is 17.6 Å². The second-order valence-corrected chi connectivity index (χ2v) is 3.26. The first-order valence-electron chi connectivity index (χ1n) is 3.38. The quantitative estimate of drug-likeness (QED) is 0.579. The standard InChI is InChI=1S/C7H4BrF4NO/c1-3-4(8)2-5(9)13-6(3)14-7(10,11)12/h2H,1H3. The van der Waals surface area contributed by atoms with E-state index in [1.165, 1.54) is 6.92 Å². The van der Waals surface area contributed by atoms with Crippen LogP contribution in [0.5, 0.6) is 5.88 Å². The van der Waals surface area contributed by atoms with Crippen LogP contribution in [0.15, 0.2) is 10.5 Å². The summed E-state index contributed by atoms with van der Waals surface area (Å²) in [5, 5.41) is 0. The second kappa shape index (κ2) is 3.72. The van der Waals surface area contributed by atoms with Crippen LogP contribution in [0.3, 0.4) is 0 Å². The molecule has 0 saturated heterocycles. The van der Waals surface area contributed by atoms with Crippen molar-refractivity contribution in [1.29, 1.82) is 0 Å². The molecule has 0 aliphatic carbocycles. The van der Waals surface area contributed by atoms with E-state index in [0.29, 0.717) is 0 Å². The van der Waals surface area contributed by atoms with Crippen molar-refractivity contribution in [2.24, 2.45) is 0 Å². The molecule has 1 rings (SSSR count). The van der Waals surface area contributed by atoms with Gasteiger partial charge < -0.3 is 4.74 Å². The molecule has 0 radical (unpaired) electrons. The van der Waals surface area contributed by atoms with E-state index in [-0.39, 0.29) is 10.0 Å². The molecule has 0 aliphatic heterocycles. The van der Waals surface area contributed by atoms with Crippen LogP contribution in [-0.2, 0) is 0 Å². The highest BCUT2D eigenvalue weighted by atomic mass is 79.9. The minimum Gasteiger partial charge on any atom is -0.387 e. The van der Waals surface area contributed by atoms with E-state index in [1.54, 1.807) is 0 Å². The van der Waals surface area contributed by atoms with Gasteiger partial charge in [0.1, 0.15) is 0 Å². The van der Waals surface area contributed by atoms with E-state index >= 15 is 0 Å². The minimum atomic E-state index is -4.87. The van der Waals surface area contributed by atoms with Crippen molar-refractivity contribution >= 4 is 15.9 Å². The Balaban J connectivity index is 3.09. The van der Waals surface area contributed by atoms with Crippen LogP contribution in [-0.4, -0.2) is 11.3 Å². The molecule has 0 aliphatic rings. The lowest BCUT2D eigenvalue weighted by Gasteiger charge is -2.10. The molecule has 0 spiro atoms. The molecule has 1 aromatic heterocycles. The largest absolute Gasteiger partial charge is 0.574 e. The number of pyridine rings is 1. The normalized spacial score (nSPS) is 11.6. The molecule has 0 bridgehead atoms. The van der Waals surface area contributed by atoms with E-state index < -0.39 is 18.2 Å². The molecule has 0 atom stereocenters. The molecule has 7 heteroatoms. The van der Waals surface area contributed by atoms with Gasteiger partial charge >= 0.3 is 6.36 Å². The third-order valence-electron chi connectivity index (χ3n) is 1.35. The molecular weight excluding hydrogens is 270 g/mol. The smallest absolute Gasteiger partial charge is 0.387 e. The number of ether oxygens (including phenoxy) is 1. The number of hydrogen-bond donors (Lipinski definition) is 0. The molecule has 0 saturated carbocycles. The van der Waals surface area contributed by atoms with Crippen LogP contribution in [0.25, 0.3) is 0 Å². The zero-order valence-electron chi connectivity index (χ0n) is 6.82. The molecular formula is C7H4BrF4NO. The number of hydrogen-bond acceptors (Lipinski definition) is 2. The van der Waals surface area contributed by atoms with Crippen LogP contribution in [0, 0.1) is 12.9 Å². The van der Waals surface area contributed by atoms with Gasteiger partial charge in [-0.1, -0.05) is 15.9 Å². The Morgan fingerprint density at radius 2 is 2.00 bits per heavy atom. The molecule has 0 fully saturated rings. The van der Waals surface area contributed by atoms with Crippen molar-refractivity contribution in [3.8, 4) is 5.88 Å². The summed E-state index contributed by atoms with van der Waals surface area (Å²) in [5.74, 6) is -1.83. The summed E-state index contributed by atoms with van der Waals surface area (Å²) < 4.78 is 51.6. The van der Waals surface area contributed by atoms with Gasteiger partial charge in [0.2, 0.25) is 11.8 Å². The van der Waals surface area contributed by atoms with Gasteiger partial charge in [0.25, 0.3) is 0 Å². The maximum Gasteiger partial charge on any atom is 0.574 e. The Labute approximate surface area is 85.0 Å². The Kier molecular flexibility index (Phi) is 2.98. The van der Waals surface area contributed by atoms with Gasteiger partial charge in [-0.25, -0.2) is 0 Å². The average Bonchev–Trinajstić information content (AvgIpc) is 1.96. The Bertz CT molecular complexity index is 352. The van der Waals surface area contributed by atoms with Crippen molar-refractivity contribution in [3.63, 3.8) is 0 Å².